The summed E-state index contributed by atoms with van der Waals surface area (Å²) in [5.74, 6) is 0. The molecule has 0 aliphatic carbocycles. The Balaban J connectivity index is 2.05. The summed E-state index contributed by atoms with van der Waals surface area (Å²) < 4.78 is 5.24. The van der Waals surface area contributed by atoms with Crippen LogP contribution in [0, 0.1) is 0 Å². The number of hydrogen-bond acceptors (Lipinski definition) is 2. The molecule has 1 fully saturated rings. The summed E-state index contributed by atoms with van der Waals surface area (Å²) >= 11 is 5.80. The van der Waals surface area contributed by atoms with Crippen molar-refractivity contribution in [3.63, 3.8) is 0 Å². The highest BCUT2D eigenvalue weighted by atomic mass is 35.5. The Hall–Kier alpha value is -1.26. The van der Waals surface area contributed by atoms with Crippen LogP contribution in [-0.4, -0.2) is 41.9 Å². The molecule has 1 aliphatic heterocycles. The molecule has 0 aromatic heterocycles. The number of ether oxygens (including phenoxy) is 1. The largest absolute Gasteiger partial charge is 0.465 e. The molecule has 2 atom stereocenters. The second-order valence-electron chi connectivity index (χ2n) is 4.11. The molecule has 1 unspecified atom stereocenters. The lowest BCUT2D eigenvalue weighted by Crippen LogP contribution is -2.63. The first kappa shape index (κ1) is 12.2. The summed E-state index contributed by atoms with van der Waals surface area (Å²) in [5.41, 5.74) is 1.06. The predicted molar refractivity (Wildman–Crippen MR) is 64.5 cm³/mol. The zero-order valence-corrected chi connectivity index (χ0v) is 10.2. The summed E-state index contributed by atoms with van der Waals surface area (Å²) in [6.07, 6.45) is -0.249. The van der Waals surface area contributed by atoms with Gasteiger partial charge in [-0.25, -0.2) is 4.79 Å². The van der Waals surface area contributed by atoms with Crippen LogP contribution in [0.2, 0.25) is 5.02 Å². The number of amides is 1. The number of nitrogens with zero attached hydrogens (tertiary/aromatic N) is 1. The van der Waals surface area contributed by atoms with Gasteiger partial charge in [0.15, 0.2) is 0 Å². The number of rotatable bonds is 3. The Morgan fingerprint density at radius 2 is 2.18 bits per heavy atom. The van der Waals surface area contributed by atoms with Gasteiger partial charge in [0.2, 0.25) is 0 Å². The summed E-state index contributed by atoms with van der Waals surface area (Å²) in [6, 6.07) is 7.34. The molecule has 5 heteroatoms. The van der Waals surface area contributed by atoms with E-state index in [1.165, 1.54) is 4.90 Å². The van der Waals surface area contributed by atoms with Crippen LogP contribution < -0.4 is 0 Å². The summed E-state index contributed by atoms with van der Waals surface area (Å²) in [6.45, 7) is 0.449. The summed E-state index contributed by atoms with van der Waals surface area (Å²) in [5, 5.41) is 9.67. The Bertz CT molecular complexity index is 407. The molecule has 0 radical (unpaired) electrons. The van der Waals surface area contributed by atoms with Crippen LogP contribution in [0.3, 0.4) is 0 Å². The Kier molecular flexibility index (Phi) is 3.54. The monoisotopic (exact) mass is 255 g/mol. The van der Waals surface area contributed by atoms with Crippen molar-refractivity contribution >= 4 is 17.7 Å². The van der Waals surface area contributed by atoms with E-state index in [4.69, 9.17) is 21.4 Å². The van der Waals surface area contributed by atoms with Crippen LogP contribution in [0.4, 0.5) is 4.79 Å². The van der Waals surface area contributed by atoms with E-state index in [0.29, 0.717) is 18.0 Å². The van der Waals surface area contributed by atoms with Gasteiger partial charge >= 0.3 is 6.09 Å². The number of methoxy groups -OCH3 is 1. The van der Waals surface area contributed by atoms with E-state index in [0.717, 1.165) is 5.56 Å². The lowest BCUT2D eigenvalue weighted by atomic mass is 9.93. The van der Waals surface area contributed by atoms with Crippen LogP contribution in [-0.2, 0) is 11.2 Å². The van der Waals surface area contributed by atoms with Crippen molar-refractivity contribution in [1.29, 1.82) is 0 Å². The van der Waals surface area contributed by atoms with Crippen molar-refractivity contribution in [3.05, 3.63) is 34.9 Å². The average molecular weight is 256 g/mol. The Labute approximate surface area is 105 Å². The van der Waals surface area contributed by atoms with E-state index in [1.807, 2.05) is 24.3 Å². The van der Waals surface area contributed by atoms with Crippen molar-refractivity contribution in [2.75, 3.05) is 13.7 Å². The maximum absolute atomic E-state index is 10.9. The molecule has 2 rings (SSSR count). The number of carboxylic acid groups (broad SMARTS) is 1. The van der Waals surface area contributed by atoms with E-state index >= 15 is 0 Å². The number of hydrogen-bond donors (Lipinski definition) is 1. The minimum atomic E-state index is -0.891. The van der Waals surface area contributed by atoms with Gasteiger partial charge in [0.05, 0.1) is 18.7 Å². The van der Waals surface area contributed by atoms with Gasteiger partial charge in [0.25, 0.3) is 0 Å². The molecular formula is C12H14ClNO3. The zero-order chi connectivity index (χ0) is 12.4. The zero-order valence-electron chi connectivity index (χ0n) is 9.47. The third-order valence-electron chi connectivity index (χ3n) is 3.11. The molecule has 1 amide bonds. The fraction of sp³-hybridized carbons (Fsp3) is 0.417. The molecule has 1 aromatic carbocycles. The fourth-order valence-corrected chi connectivity index (χ4v) is 2.19. The minimum absolute atomic E-state index is 0.0122. The van der Waals surface area contributed by atoms with Crippen molar-refractivity contribution in [1.82, 2.24) is 4.90 Å². The predicted octanol–water partition coefficient (Wildman–Crippen LogP) is 2.26. The molecule has 92 valence electrons. The SMILES string of the molecule is COC1CN(C(=O)O)[C@H]1Cc1ccc(Cl)cc1. The van der Waals surface area contributed by atoms with Crippen molar-refractivity contribution in [3.8, 4) is 0 Å². The lowest BCUT2D eigenvalue weighted by Gasteiger charge is -2.45. The number of likely N-dealkylation sites (tertiary alicyclic amines) is 1. The van der Waals surface area contributed by atoms with E-state index in [1.54, 1.807) is 7.11 Å². The molecule has 1 saturated heterocycles. The summed E-state index contributed by atoms with van der Waals surface area (Å²) in [7, 11) is 1.61. The van der Waals surface area contributed by atoms with Gasteiger partial charge in [-0.3, -0.25) is 4.90 Å². The first-order valence-corrected chi connectivity index (χ1v) is 5.76. The maximum atomic E-state index is 10.9. The molecule has 1 aromatic rings. The molecule has 4 nitrogen and oxygen atoms in total. The van der Waals surface area contributed by atoms with Gasteiger partial charge in [-0.1, -0.05) is 23.7 Å². The number of halogens is 1. The molecule has 0 saturated carbocycles. The fourth-order valence-electron chi connectivity index (χ4n) is 2.07. The third-order valence-corrected chi connectivity index (χ3v) is 3.36. The van der Waals surface area contributed by atoms with Crippen molar-refractivity contribution < 1.29 is 14.6 Å². The Morgan fingerprint density at radius 3 is 2.71 bits per heavy atom. The minimum Gasteiger partial charge on any atom is -0.465 e. The smallest absolute Gasteiger partial charge is 0.407 e. The quantitative estimate of drug-likeness (QED) is 0.901. The van der Waals surface area contributed by atoms with E-state index < -0.39 is 6.09 Å². The molecule has 0 spiro atoms. The average Bonchev–Trinajstić information content (AvgIpc) is 2.27. The van der Waals surface area contributed by atoms with Gasteiger partial charge in [0, 0.05) is 12.1 Å². The van der Waals surface area contributed by atoms with E-state index in [-0.39, 0.29) is 12.1 Å². The normalized spacial score (nSPS) is 23.3. The molecular weight excluding hydrogens is 242 g/mol. The third kappa shape index (κ3) is 2.53. The second kappa shape index (κ2) is 4.94. The van der Waals surface area contributed by atoms with Crippen molar-refractivity contribution in [2.24, 2.45) is 0 Å². The molecule has 0 bridgehead atoms. The van der Waals surface area contributed by atoms with Crippen LogP contribution >= 0.6 is 11.6 Å². The highest BCUT2D eigenvalue weighted by Gasteiger charge is 2.42. The van der Waals surface area contributed by atoms with Gasteiger partial charge in [0.1, 0.15) is 0 Å². The first-order valence-electron chi connectivity index (χ1n) is 5.38. The summed E-state index contributed by atoms with van der Waals surface area (Å²) in [4.78, 5) is 12.4. The van der Waals surface area contributed by atoms with Crippen LogP contribution in [0.25, 0.3) is 0 Å². The van der Waals surface area contributed by atoms with E-state index in [9.17, 15) is 4.79 Å². The van der Waals surface area contributed by atoms with Gasteiger partial charge < -0.3 is 9.84 Å². The molecule has 1 aliphatic rings. The van der Waals surface area contributed by atoms with Gasteiger partial charge in [-0.2, -0.15) is 0 Å². The Morgan fingerprint density at radius 1 is 1.53 bits per heavy atom. The topological polar surface area (TPSA) is 49.8 Å². The highest BCUT2D eigenvalue weighted by molar-refractivity contribution is 6.30. The highest BCUT2D eigenvalue weighted by Crippen LogP contribution is 2.25. The van der Waals surface area contributed by atoms with Crippen LogP contribution in [0.15, 0.2) is 24.3 Å². The number of benzene rings is 1. The van der Waals surface area contributed by atoms with Crippen LogP contribution in [0.1, 0.15) is 5.56 Å². The number of carbonyl (C=O) groups is 1. The molecule has 1 N–H and O–H groups in total. The van der Waals surface area contributed by atoms with Gasteiger partial charge in [-0.05, 0) is 24.1 Å². The van der Waals surface area contributed by atoms with Crippen molar-refractivity contribution in [2.45, 2.75) is 18.6 Å². The maximum Gasteiger partial charge on any atom is 0.407 e. The standard InChI is InChI=1S/C12H14ClNO3/c1-17-11-7-14(12(15)16)10(11)6-8-2-4-9(13)5-3-8/h2-5,10-11H,6-7H2,1H3,(H,15,16)/t10-,11?/m0/s1. The van der Waals surface area contributed by atoms with E-state index in [2.05, 4.69) is 0 Å². The molecule has 17 heavy (non-hydrogen) atoms. The molecule has 1 heterocycles. The second-order valence-corrected chi connectivity index (χ2v) is 4.54. The lowest BCUT2D eigenvalue weighted by molar-refractivity contribution is -0.0694. The first-order chi connectivity index (χ1) is 8.11. The van der Waals surface area contributed by atoms with Gasteiger partial charge in [-0.15, -0.1) is 0 Å². The van der Waals surface area contributed by atoms with Crippen LogP contribution in [0.5, 0.6) is 0 Å².